The van der Waals surface area contributed by atoms with Crippen LogP contribution in [0.5, 0.6) is 0 Å². The van der Waals surface area contributed by atoms with Crippen LogP contribution in [0.2, 0.25) is 0 Å². The molecule has 0 radical (unpaired) electrons. The minimum Gasteiger partial charge on any atom is -0.390 e. The fraction of sp³-hybridized carbons (Fsp3) is 1.00. The summed E-state index contributed by atoms with van der Waals surface area (Å²) >= 11 is 4.56. The molecular weight excluding hydrogens is 218 g/mol. The van der Waals surface area contributed by atoms with Gasteiger partial charge in [-0.15, -0.1) is 0 Å². The summed E-state index contributed by atoms with van der Waals surface area (Å²) in [5.41, 5.74) is 0.0621. The van der Waals surface area contributed by atoms with Crippen LogP contribution < -0.4 is 0 Å². The number of rotatable bonds is 3. The second kappa shape index (κ2) is 4.87. The Bertz CT molecular complexity index is 226. The summed E-state index contributed by atoms with van der Waals surface area (Å²) < 4.78 is 0. The summed E-state index contributed by atoms with van der Waals surface area (Å²) in [7, 11) is 0. The maximum Gasteiger partial charge on any atom is 0.0644 e. The first-order valence-corrected chi connectivity index (χ1v) is 7.24. The summed E-state index contributed by atoms with van der Waals surface area (Å²) in [6.07, 6.45) is 7.32. The summed E-state index contributed by atoms with van der Waals surface area (Å²) in [6.45, 7) is 5.28. The van der Waals surface area contributed by atoms with Crippen LogP contribution >= 0.6 is 12.6 Å². The Hall–Kier alpha value is 0.270. The van der Waals surface area contributed by atoms with E-state index in [1.807, 2.05) is 6.92 Å². The van der Waals surface area contributed by atoms with Crippen molar-refractivity contribution in [3.8, 4) is 0 Å². The molecule has 1 saturated heterocycles. The summed E-state index contributed by atoms with van der Waals surface area (Å²) in [5, 5.41) is 9.93. The predicted octanol–water partition coefficient (Wildman–Crippen LogP) is 2.32. The van der Waals surface area contributed by atoms with Gasteiger partial charge in [-0.25, -0.2) is 0 Å². The molecule has 2 nitrogen and oxygen atoms in total. The topological polar surface area (TPSA) is 23.5 Å². The molecule has 1 saturated carbocycles. The van der Waals surface area contributed by atoms with Crippen LogP contribution in [-0.4, -0.2) is 41.0 Å². The lowest BCUT2D eigenvalue weighted by molar-refractivity contribution is -0.0138. The molecular formula is C13H25NOS. The molecule has 1 heterocycles. The summed E-state index contributed by atoms with van der Waals surface area (Å²) in [5.74, 6) is 1.03. The van der Waals surface area contributed by atoms with Gasteiger partial charge in [-0.1, -0.05) is 12.8 Å². The van der Waals surface area contributed by atoms with Crippen molar-refractivity contribution in [2.24, 2.45) is 5.41 Å². The van der Waals surface area contributed by atoms with E-state index in [0.29, 0.717) is 5.41 Å². The minimum absolute atomic E-state index is 0.416. The molecule has 1 aliphatic heterocycles. The number of likely N-dealkylation sites (tertiary alicyclic amines) is 1. The molecule has 2 fully saturated rings. The number of piperidine rings is 1. The van der Waals surface area contributed by atoms with Crippen LogP contribution in [0, 0.1) is 5.41 Å². The van der Waals surface area contributed by atoms with Crippen LogP contribution in [0.15, 0.2) is 0 Å². The van der Waals surface area contributed by atoms with E-state index in [2.05, 4.69) is 17.5 Å². The van der Waals surface area contributed by atoms with Gasteiger partial charge >= 0.3 is 0 Å². The number of hydrogen-bond acceptors (Lipinski definition) is 3. The van der Waals surface area contributed by atoms with Crippen molar-refractivity contribution < 1.29 is 5.11 Å². The molecule has 0 spiro atoms. The van der Waals surface area contributed by atoms with Gasteiger partial charge in [0.2, 0.25) is 0 Å². The van der Waals surface area contributed by atoms with Crippen LogP contribution in [0.4, 0.5) is 0 Å². The van der Waals surface area contributed by atoms with Crippen LogP contribution in [0.3, 0.4) is 0 Å². The fourth-order valence-corrected chi connectivity index (χ4v) is 3.57. The van der Waals surface area contributed by atoms with Gasteiger partial charge in [-0.05, 0) is 43.8 Å². The Labute approximate surface area is 105 Å². The smallest absolute Gasteiger partial charge is 0.0644 e. The molecule has 3 heteroatoms. The third-order valence-electron chi connectivity index (χ3n) is 4.49. The second-order valence-electron chi connectivity index (χ2n) is 6.14. The first kappa shape index (κ1) is 12.7. The SMILES string of the molecule is CC1(O)CCN(CC2(CS)CCCC2)CC1. The molecule has 0 amide bonds. The van der Waals surface area contributed by atoms with Crippen molar-refractivity contribution in [2.45, 2.75) is 51.0 Å². The highest BCUT2D eigenvalue weighted by molar-refractivity contribution is 7.80. The van der Waals surface area contributed by atoms with Crippen molar-refractivity contribution in [2.75, 3.05) is 25.4 Å². The van der Waals surface area contributed by atoms with E-state index in [-0.39, 0.29) is 0 Å². The van der Waals surface area contributed by atoms with Gasteiger partial charge in [-0.3, -0.25) is 0 Å². The van der Waals surface area contributed by atoms with E-state index < -0.39 is 5.60 Å². The summed E-state index contributed by atoms with van der Waals surface area (Å²) in [4.78, 5) is 2.54. The van der Waals surface area contributed by atoms with Crippen molar-refractivity contribution in [1.82, 2.24) is 4.90 Å². The Morgan fingerprint density at radius 3 is 2.19 bits per heavy atom. The largest absolute Gasteiger partial charge is 0.390 e. The van der Waals surface area contributed by atoms with Crippen molar-refractivity contribution in [3.63, 3.8) is 0 Å². The van der Waals surface area contributed by atoms with Crippen LogP contribution in [-0.2, 0) is 0 Å². The van der Waals surface area contributed by atoms with E-state index in [4.69, 9.17) is 0 Å². The van der Waals surface area contributed by atoms with E-state index in [1.165, 1.54) is 32.2 Å². The zero-order valence-electron chi connectivity index (χ0n) is 10.4. The molecule has 0 atom stereocenters. The number of aliphatic hydroxyl groups is 1. The molecule has 16 heavy (non-hydrogen) atoms. The standard InChI is InChI=1S/C13H25NOS/c1-12(15)6-8-14(9-7-12)10-13(11-16)4-2-3-5-13/h15-16H,2-11H2,1H3. The Balaban J connectivity index is 1.86. The molecule has 94 valence electrons. The normalized spacial score (nSPS) is 29.4. The van der Waals surface area contributed by atoms with E-state index >= 15 is 0 Å². The monoisotopic (exact) mass is 243 g/mol. The zero-order chi connectivity index (χ0) is 11.6. The molecule has 2 aliphatic rings. The lowest BCUT2D eigenvalue weighted by Crippen LogP contribution is -2.46. The number of nitrogens with zero attached hydrogens (tertiary/aromatic N) is 1. The number of thiol groups is 1. The maximum absolute atomic E-state index is 9.93. The van der Waals surface area contributed by atoms with Crippen molar-refractivity contribution in [1.29, 1.82) is 0 Å². The highest BCUT2D eigenvalue weighted by atomic mass is 32.1. The second-order valence-corrected chi connectivity index (χ2v) is 6.45. The first-order chi connectivity index (χ1) is 7.55. The average Bonchev–Trinajstić information content (AvgIpc) is 2.71. The molecule has 0 unspecified atom stereocenters. The Morgan fingerprint density at radius 2 is 1.69 bits per heavy atom. The third kappa shape index (κ3) is 2.93. The maximum atomic E-state index is 9.93. The number of hydrogen-bond donors (Lipinski definition) is 2. The van der Waals surface area contributed by atoms with Gasteiger partial charge in [-0.2, -0.15) is 12.6 Å². The van der Waals surface area contributed by atoms with Crippen LogP contribution in [0.25, 0.3) is 0 Å². The highest BCUT2D eigenvalue weighted by Gasteiger charge is 2.36. The predicted molar refractivity (Wildman–Crippen MR) is 71.1 cm³/mol. The molecule has 0 aromatic carbocycles. The van der Waals surface area contributed by atoms with E-state index in [1.54, 1.807) is 0 Å². The lowest BCUT2D eigenvalue weighted by atomic mass is 9.86. The lowest BCUT2D eigenvalue weighted by Gasteiger charge is -2.40. The highest BCUT2D eigenvalue weighted by Crippen LogP contribution is 2.40. The molecule has 1 N–H and O–H groups in total. The molecule has 2 rings (SSSR count). The van der Waals surface area contributed by atoms with Gasteiger partial charge in [0, 0.05) is 19.6 Å². The summed E-state index contributed by atoms with van der Waals surface area (Å²) in [6, 6.07) is 0. The van der Waals surface area contributed by atoms with E-state index in [0.717, 1.165) is 31.7 Å². The average molecular weight is 243 g/mol. The van der Waals surface area contributed by atoms with Gasteiger partial charge in [0.1, 0.15) is 0 Å². The van der Waals surface area contributed by atoms with Crippen molar-refractivity contribution >= 4 is 12.6 Å². The van der Waals surface area contributed by atoms with Gasteiger partial charge < -0.3 is 10.0 Å². The minimum atomic E-state index is -0.416. The molecule has 0 aromatic heterocycles. The molecule has 0 aromatic rings. The van der Waals surface area contributed by atoms with E-state index in [9.17, 15) is 5.11 Å². The van der Waals surface area contributed by atoms with Gasteiger partial charge in [0.15, 0.2) is 0 Å². The Morgan fingerprint density at radius 1 is 1.12 bits per heavy atom. The zero-order valence-corrected chi connectivity index (χ0v) is 11.3. The quantitative estimate of drug-likeness (QED) is 0.743. The third-order valence-corrected chi connectivity index (χ3v) is 5.16. The van der Waals surface area contributed by atoms with Crippen molar-refractivity contribution in [3.05, 3.63) is 0 Å². The van der Waals surface area contributed by atoms with Gasteiger partial charge in [0.05, 0.1) is 5.60 Å². The molecule has 0 bridgehead atoms. The fourth-order valence-electron chi connectivity index (χ4n) is 3.16. The van der Waals surface area contributed by atoms with Gasteiger partial charge in [0.25, 0.3) is 0 Å². The Kier molecular flexibility index (Phi) is 3.87. The molecule has 1 aliphatic carbocycles. The first-order valence-electron chi connectivity index (χ1n) is 6.61. The van der Waals surface area contributed by atoms with Crippen LogP contribution in [0.1, 0.15) is 45.4 Å².